The average molecular weight is 960 g/mol. The number of carbonyl (C=O) groups excluding carboxylic acids is 5. The van der Waals surface area contributed by atoms with Gasteiger partial charge in [0.15, 0.2) is 5.82 Å². The zero-order valence-electron chi connectivity index (χ0n) is 40.0. The SMILES string of the molecule is CCn1nc(C)cc1C(=O)Nc1nc2cc(C(N)=O)cc(OCCCNC(=O)CCC(=O)OC)c2n1C/C=C/Cn1c2nc(-c3cc(C)nn3CC)ncc2c2cc(C(N)=O)cc(OCCCOC)c21. The number of allylic oxidation sites excluding steroid dienone is 2. The van der Waals surface area contributed by atoms with Crippen molar-refractivity contribution in [2.24, 2.45) is 11.5 Å². The van der Waals surface area contributed by atoms with Crippen LogP contribution in [0.1, 0.15) is 82.1 Å². The van der Waals surface area contributed by atoms with Crippen LogP contribution in [0.25, 0.3) is 44.5 Å². The number of aryl methyl sites for hydroxylation is 4. The Morgan fingerprint density at radius 1 is 0.729 bits per heavy atom. The van der Waals surface area contributed by atoms with Gasteiger partial charge in [-0.05, 0) is 70.5 Å². The van der Waals surface area contributed by atoms with Gasteiger partial charge in [-0.1, -0.05) is 12.2 Å². The van der Waals surface area contributed by atoms with Gasteiger partial charge in [-0.3, -0.25) is 38.7 Å². The number of fused-ring (bicyclic) bond motifs is 4. The summed E-state index contributed by atoms with van der Waals surface area (Å²) in [6.45, 7) is 10.1. The summed E-state index contributed by atoms with van der Waals surface area (Å²) in [5.74, 6) is -1.32. The van der Waals surface area contributed by atoms with Crippen LogP contribution < -0.4 is 31.6 Å². The molecule has 5 aromatic heterocycles. The molecule has 70 heavy (non-hydrogen) atoms. The van der Waals surface area contributed by atoms with Crippen LogP contribution in [0.3, 0.4) is 0 Å². The highest BCUT2D eigenvalue weighted by atomic mass is 16.5. The van der Waals surface area contributed by atoms with Crippen LogP contribution in [0.15, 0.2) is 54.7 Å². The van der Waals surface area contributed by atoms with Gasteiger partial charge < -0.3 is 44.9 Å². The first-order valence-corrected chi connectivity index (χ1v) is 22.9. The van der Waals surface area contributed by atoms with Gasteiger partial charge in [0.05, 0.1) is 49.2 Å². The zero-order valence-corrected chi connectivity index (χ0v) is 40.0. The summed E-state index contributed by atoms with van der Waals surface area (Å²) < 4.78 is 29.7. The van der Waals surface area contributed by atoms with Gasteiger partial charge in [0.25, 0.3) is 5.91 Å². The first kappa shape index (κ1) is 49.8. The van der Waals surface area contributed by atoms with Gasteiger partial charge >= 0.3 is 5.97 Å². The highest BCUT2D eigenvalue weighted by Crippen LogP contribution is 2.37. The van der Waals surface area contributed by atoms with Crippen LogP contribution in [0.4, 0.5) is 5.95 Å². The largest absolute Gasteiger partial charge is 0.491 e. The number of esters is 1. The third kappa shape index (κ3) is 11.1. The second kappa shape index (κ2) is 22.3. The van der Waals surface area contributed by atoms with E-state index in [4.69, 9.17) is 40.6 Å². The van der Waals surface area contributed by atoms with Crippen molar-refractivity contribution in [2.45, 2.75) is 79.6 Å². The molecule has 5 heterocycles. The number of ether oxygens (including phenoxy) is 4. The predicted octanol–water partition coefficient (Wildman–Crippen LogP) is 4.61. The van der Waals surface area contributed by atoms with E-state index in [0.29, 0.717) is 95.1 Å². The van der Waals surface area contributed by atoms with E-state index in [0.717, 1.165) is 11.4 Å². The molecule has 0 atom stereocenters. The molecule has 2 aromatic carbocycles. The molecule has 0 aliphatic carbocycles. The number of nitrogens with two attached hydrogens (primary N) is 2. The molecule has 0 unspecified atom stereocenters. The molecule has 368 valence electrons. The topological polar surface area (TPSA) is 283 Å². The van der Waals surface area contributed by atoms with E-state index in [1.807, 2.05) is 48.2 Å². The van der Waals surface area contributed by atoms with Gasteiger partial charge in [0.1, 0.15) is 34.1 Å². The Morgan fingerprint density at radius 3 is 2.07 bits per heavy atom. The van der Waals surface area contributed by atoms with Gasteiger partial charge in [-0.15, -0.1) is 0 Å². The number of hydrogen-bond acceptors (Lipinski definition) is 14. The molecule has 0 saturated heterocycles. The summed E-state index contributed by atoms with van der Waals surface area (Å²) in [5.41, 5.74) is 16.5. The molecule has 0 radical (unpaired) electrons. The zero-order chi connectivity index (χ0) is 50.1. The van der Waals surface area contributed by atoms with Crippen molar-refractivity contribution in [3.63, 3.8) is 0 Å². The van der Waals surface area contributed by atoms with Crippen molar-refractivity contribution in [3.05, 3.63) is 83.0 Å². The lowest BCUT2D eigenvalue weighted by molar-refractivity contribution is -0.142. The van der Waals surface area contributed by atoms with Gasteiger partial charge in [0, 0.05) is 87.4 Å². The van der Waals surface area contributed by atoms with Crippen molar-refractivity contribution in [3.8, 4) is 23.0 Å². The lowest BCUT2D eigenvalue weighted by Gasteiger charge is -2.13. The lowest BCUT2D eigenvalue weighted by Crippen LogP contribution is -2.26. The summed E-state index contributed by atoms with van der Waals surface area (Å²) in [5, 5.41) is 16.1. The fraction of sp³-hybridized carbons (Fsp3) is 0.375. The number of nitrogens with zero attached hydrogens (tertiary/aromatic N) is 9. The Morgan fingerprint density at radius 2 is 1.39 bits per heavy atom. The molecular weight excluding hydrogens is 903 g/mol. The highest BCUT2D eigenvalue weighted by Gasteiger charge is 2.24. The molecule has 6 N–H and O–H groups in total. The third-order valence-electron chi connectivity index (χ3n) is 11.3. The molecule has 0 aliphatic rings. The van der Waals surface area contributed by atoms with E-state index in [-0.39, 0.29) is 67.8 Å². The monoisotopic (exact) mass is 959 g/mol. The maximum Gasteiger partial charge on any atom is 0.306 e. The number of benzene rings is 2. The molecule has 7 rings (SSSR count). The number of imidazole rings is 1. The molecule has 0 aliphatic heterocycles. The molecule has 4 amide bonds. The van der Waals surface area contributed by atoms with Crippen LogP contribution in [0.2, 0.25) is 0 Å². The van der Waals surface area contributed by atoms with Crippen LogP contribution in [-0.4, -0.2) is 114 Å². The smallest absolute Gasteiger partial charge is 0.306 e. The third-order valence-corrected chi connectivity index (χ3v) is 11.3. The quantitative estimate of drug-likeness (QED) is 0.0366. The molecule has 0 fully saturated rings. The second-order valence-electron chi connectivity index (χ2n) is 16.3. The Labute approximate surface area is 402 Å². The molecule has 7 aromatic rings. The minimum absolute atomic E-state index is 0.0225. The number of hydrogen-bond donors (Lipinski definition) is 4. The Bertz CT molecular complexity index is 3130. The molecular formula is C48H57N13O9. The number of rotatable bonds is 24. The fourth-order valence-corrected chi connectivity index (χ4v) is 8.01. The summed E-state index contributed by atoms with van der Waals surface area (Å²) in [6.07, 6.45) is 6.42. The number of anilines is 1. The number of aromatic nitrogens is 9. The van der Waals surface area contributed by atoms with Crippen LogP contribution >= 0.6 is 0 Å². The highest BCUT2D eigenvalue weighted by molar-refractivity contribution is 6.12. The van der Waals surface area contributed by atoms with E-state index < -0.39 is 23.7 Å². The Balaban J connectivity index is 1.28. The maximum atomic E-state index is 13.9. The van der Waals surface area contributed by atoms with Gasteiger partial charge in [-0.25, -0.2) is 15.0 Å². The Hall–Kier alpha value is -8.14. The Kier molecular flexibility index (Phi) is 15.9. The molecule has 0 bridgehead atoms. The predicted molar refractivity (Wildman–Crippen MR) is 260 cm³/mol. The summed E-state index contributed by atoms with van der Waals surface area (Å²) >= 11 is 0. The van der Waals surface area contributed by atoms with E-state index in [2.05, 4.69) is 25.6 Å². The van der Waals surface area contributed by atoms with Crippen LogP contribution in [0, 0.1) is 13.8 Å². The second-order valence-corrected chi connectivity index (χ2v) is 16.3. The van der Waals surface area contributed by atoms with Crippen molar-refractivity contribution in [2.75, 3.05) is 45.9 Å². The van der Waals surface area contributed by atoms with E-state index in [1.165, 1.54) is 19.2 Å². The fourth-order valence-electron chi connectivity index (χ4n) is 8.01. The van der Waals surface area contributed by atoms with Gasteiger partial charge in [0.2, 0.25) is 23.7 Å². The standard InChI is InChI=1S/C48H57N13O9/c1-7-60-35(21-28(3)56-60)45-52-27-33-32-23-30(43(49)64)25-37(70-20-12-18-67-5)41(32)58(46(33)54-45)16-9-10-17-59-42-34(53-48(59)55-47(66)36-22-29(4)57-61(36)8-2)24-31(44(50)65)26-38(42)69-19-11-15-51-39(62)13-14-40(63)68-6/h9-10,21-27H,7-8,11-20H2,1-6H3,(H2,49,64)(H2,50,65)(H,51,62)(H,53,55,66)/b10-9+. The van der Waals surface area contributed by atoms with E-state index >= 15 is 0 Å². The lowest BCUT2D eigenvalue weighted by atomic mass is 10.1. The van der Waals surface area contributed by atoms with Crippen molar-refractivity contribution in [1.29, 1.82) is 0 Å². The number of carbonyl (C=O) groups is 5. The number of nitrogens with one attached hydrogen (secondary N) is 2. The number of amides is 4. The van der Waals surface area contributed by atoms with Crippen molar-refractivity contribution in [1.82, 2.24) is 49.0 Å². The van der Waals surface area contributed by atoms with Crippen molar-refractivity contribution >= 4 is 68.5 Å². The van der Waals surface area contributed by atoms with E-state index in [9.17, 15) is 24.0 Å². The first-order valence-electron chi connectivity index (χ1n) is 22.9. The summed E-state index contributed by atoms with van der Waals surface area (Å²) in [4.78, 5) is 77.7. The average Bonchev–Trinajstić information content (AvgIpc) is 4.11. The van der Waals surface area contributed by atoms with Gasteiger partial charge in [-0.2, -0.15) is 10.2 Å². The van der Waals surface area contributed by atoms with Crippen LogP contribution in [0.5, 0.6) is 11.5 Å². The summed E-state index contributed by atoms with van der Waals surface area (Å²) in [6, 6.07) is 9.98. The number of methoxy groups -OCH3 is 2. The molecule has 22 nitrogen and oxygen atoms in total. The minimum Gasteiger partial charge on any atom is -0.491 e. The molecule has 0 saturated carbocycles. The van der Waals surface area contributed by atoms with E-state index in [1.54, 1.807) is 47.7 Å². The molecule has 22 heteroatoms. The van der Waals surface area contributed by atoms with Crippen molar-refractivity contribution < 1.29 is 42.9 Å². The minimum atomic E-state index is -0.718. The van der Waals surface area contributed by atoms with Crippen LogP contribution in [-0.2, 0) is 45.2 Å². The normalized spacial score (nSPS) is 11.5. The number of primary amides is 2. The summed E-state index contributed by atoms with van der Waals surface area (Å²) in [7, 11) is 2.87. The maximum absolute atomic E-state index is 13.9. The molecule has 0 spiro atoms. The first-order chi connectivity index (χ1) is 33.7.